The molecule has 7 heteroatoms. The molecule has 1 aromatic rings. The smallest absolute Gasteiger partial charge is 0.416 e. The van der Waals surface area contributed by atoms with Crippen LogP contribution in [0.3, 0.4) is 0 Å². The maximum atomic E-state index is 12.5. The van der Waals surface area contributed by atoms with E-state index < -0.39 is 17.7 Å². The number of benzene rings is 1. The Balaban J connectivity index is 2.91. The Morgan fingerprint density at radius 2 is 2.06 bits per heavy atom. The maximum absolute atomic E-state index is 12.5. The lowest BCUT2D eigenvalue weighted by molar-refractivity contribution is -0.139. The highest BCUT2D eigenvalue weighted by Gasteiger charge is 2.30. The first-order valence-electron chi connectivity index (χ1n) is 4.96. The molecule has 0 saturated heterocycles. The topological polar surface area (TPSA) is 40.5 Å². The summed E-state index contributed by atoms with van der Waals surface area (Å²) in [4.78, 5) is 11.9. The molecule has 0 aliphatic rings. The van der Waals surface area contributed by atoms with Gasteiger partial charge in [-0.2, -0.15) is 13.2 Å². The Morgan fingerprint density at radius 1 is 1.44 bits per heavy atom. The van der Waals surface area contributed by atoms with E-state index in [2.05, 4.69) is 15.9 Å². The van der Waals surface area contributed by atoms with Gasteiger partial charge < -0.3 is 5.11 Å². The van der Waals surface area contributed by atoms with Gasteiger partial charge in [0.05, 0.1) is 12.1 Å². The third-order valence-corrected chi connectivity index (χ3v) is 2.99. The first-order chi connectivity index (χ1) is 8.20. The van der Waals surface area contributed by atoms with Gasteiger partial charge in [0, 0.05) is 11.0 Å². The summed E-state index contributed by atoms with van der Waals surface area (Å²) in [7, 11) is 1.53. The third kappa shape index (κ3) is 4.30. The van der Waals surface area contributed by atoms with Gasteiger partial charge in [-0.25, -0.2) is 0 Å². The van der Waals surface area contributed by atoms with Crippen molar-refractivity contribution in [3.8, 4) is 0 Å². The van der Waals surface area contributed by atoms with Crippen molar-refractivity contribution in [2.45, 2.75) is 12.7 Å². The van der Waals surface area contributed by atoms with Crippen LogP contribution < -0.4 is 0 Å². The molecule has 1 rings (SSSR count). The molecule has 100 valence electrons. The van der Waals surface area contributed by atoms with E-state index in [1.807, 2.05) is 0 Å². The summed E-state index contributed by atoms with van der Waals surface area (Å²) in [6.45, 7) is -0.112. The number of aliphatic carboxylic acids is 1. The fraction of sp³-hybridized carbons (Fsp3) is 0.364. The van der Waals surface area contributed by atoms with E-state index in [-0.39, 0.29) is 13.1 Å². The minimum absolute atomic E-state index is 0.122. The van der Waals surface area contributed by atoms with Gasteiger partial charge in [0.2, 0.25) is 0 Å². The van der Waals surface area contributed by atoms with Crippen LogP contribution in [0.1, 0.15) is 11.1 Å². The Bertz CT molecular complexity index is 448. The first kappa shape index (κ1) is 15.0. The Morgan fingerprint density at radius 3 is 2.56 bits per heavy atom. The molecule has 1 N–H and O–H groups in total. The van der Waals surface area contributed by atoms with E-state index in [9.17, 15) is 18.0 Å². The quantitative estimate of drug-likeness (QED) is 0.925. The number of rotatable bonds is 4. The molecular weight excluding hydrogens is 315 g/mol. The molecule has 3 nitrogen and oxygen atoms in total. The molecule has 0 atom stereocenters. The summed E-state index contributed by atoms with van der Waals surface area (Å²) in [5, 5.41) is 8.58. The van der Waals surface area contributed by atoms with Gasteiger partial charge in [0.25, 0.3) is 0 Å². The zero-order valence-corrected chi connectivity index (χ0v) is 11.0. The summed E-state index contributed by atoms with van der Waals surface area (Å²) in [5.74, 6) is -1.03. The Kier molecular flexibility index (Phi) is 4.75. The van der Waals surface area contributed by atoms with Crippen LogP contribution in [0.4, 0.5) is 13.2 Å². The van der Waals surface area contributed by atoms with E-state index in [0.717, 1.165) is 12.1 Å². The number of nitrogens with zero attached hydrogens (tertiary/aromatic N) is 1. The minimum Gasteiger partial charge on any atom is -0.480 e. The number of carboxylic acids is 1. The predicted octanol–water partition coefficient (Wildman–Crippen LogP) is 2.98. The standard InChI is InChI=1S/C11H11BrF3NO2/c1-16(6-10(17)18)5-7-4-8(11(13,14)15)2-3-9(7)12/h2-4H,5-6H2,1H3,(H,17,18). The lowest BCUT2D eigenvalue weighted by Crippen LogP contribution is -2.25. The average Bonchev–Trinajstić information content (AvgIpc) is 2.18. The zero-order chi connectivity index (χ0) is 13.9. The second-order valence-electron chi connectivity index (χ2n) is 3.87. The number of alkyl halides is 3. The normalized spacial score (nSPS) is 11.9. The molecule has 0 radical (unpaired) electrons. The molecule has 0 aliphatic heterocycles. The lowest BCUT2D eigenvalue weighted by atomic mass is 10.1. The Hall–Kier alpha value is -1.08. The second-order valence-corrected chi connectivity index (χ2v) is 4.72. The van der Waals surface area contributed by atoms with E-state index in [4.69, 9.17) is 5.11 Å². The second kappa shape index (κ2) is 5.71. The molecule has 0 fully saturated rings. The molecule has 0 saturated carbocycles. The molecule has 0 bridgehead atoms. The summed E-state index contributed by atoms with van der Waals surface area (Å²) in [6.07, 6.45) is -4.40. The van der Waals surface area contributed by atoms with Crippen molar-refractivity contribution in [2.75, 3.05) is 13.6 Å². The summed E-state index contributed by atoms with van der Waals surface area (Å²) in [5.41, 5.74) is -0.349. The molecule has 0 amide bonds. The molecule has 0 aromatic heterocycles. The van der Waals surface area contributed by atoms with Crippen LogP contribution in [0.5, 0.6) is 0 Å². The number of halogens is 4. The van der Waals surface area contributed by atoms with E-state index in [1.54, 1.807) is 0 Å². The molecule has 1 aromatic carbocycles. The van der Waals surface area contributed by atoms with Gasteiger partial charge in [0.1, 0.15) is 0 Å². The van der Waals surface area contributed by atoms with Crippen molar-refractivity contribution in [3.63, 3.8) is 0 Å². The van der Waals surface area contributed by atoms with Gasteiger partial charge in [-0.3, -0.25) is 9.69 Å². The van der Waals surface area contributed by atoms with Gasteiger partial charge in [-0.1, -0.05) is 15.9 Å². The number of likely N-dealkylation sites (N-methyl/N-ethyl adjacent to an activating group) is 1. The van der Waals surface area contributed by atoms with Crippen molar-refractivity contribution in [2.24, 2.45) is 0 Å². The van der Waals surface area contributed by atoms with E-state index >= 15 is 0 Å². The highest BCUT2D eigenvalue weighted by Crippen LogP contribution is 2.32. The summed E-state index contributed by atoms with van der Waals surface area (Å²) < 4.78 is 38.1. The van der Waals surface area contributed by atoms with E-state index in [0.29, 0.717) is 10.0 Å². The van der Waals surface area contributed by atoms with Gasteiger partial charge in [-0.15, -0.1) is 0 Å². The molecule has 0 unspecified atom stereocenters. The van der Waals surface area contributed by atoms with Crippen molar-refractivity contribution in [1.82, 2.24) is 4.90 Å². The van der Waals surface area contributed by atoms with Crippen LogP contribution in [0, 0.1) is 0 Å². The highest BCUT2D eigenvalue weighted by molar-refractivity contribution is 9.10. The number of carboxylic acid groups (broad SMARTS) is 1. The number of hydrogen-bond donors (Lipinski definition) is 1. The van der Waals surface area contributed by atoms with Crippen molar-refractivity contribution >= 4 is 21.9 Å². The van der Waals surface area contributed by atoms with Gasteiger partial charge in [-0.05, 0) is 30.8 Å². The molecule has 0 aliphatic carbocycles. The SMILES string of the molecule is CN(CC(=O)O)Cc1cc(C(F)(F)F)ccc1Br. The maximum Gasteiger partial charge on any atom is 0.416 e. The highest BCUT2D eigenvalue weighted by atomic mass is 79.9. The fourth-order valence-electron chi connectivity index (χ4n) is 1.45. The Labute approximate surface area is 110 Å². The van der Waals surface area contributed by atoms with E-state index in [1.165, 1.54) is 18.0 Å². The average molecular weight is 326 g/mol. The fourth-order valence-corrected chi connectivity index (χ4v) is 1.82. The largest absolute Gasteiger partial charge is 0.480 e. The number of carbonyl (C=O) groups is 1. The minimum atomic E-state index is -4.40. The first-order valence-corrected chi connectivity index (χ1v) is 5.75. The summed E-state index contributed by atoms with van der Waals surface area (Å²) in [6, 6.07) is 3.31. The molecule has 0 heterocycles. The van der Waals surface area contributed by atoms with Crippen LogP contribution in [0.25, 0.3) is 0 Å². The molecular formula is C11H11BrF3NO2. The monoisotopic (exact) mass is 325 g/mol. The van der Waals surface area contributed by atoms with Crippen LogP contribution in [0.2, 0.25) is 0 Å². The summed E-state index contributed by atoms with van der Waals surface area (Å²) >= 11 is 3.15. The molecule has 18 heavy (non-hydrogen) atoms. The van der Waals surface area contributed by atoms with Crippen molar-refractivity contribution < 1.29 is 23.1 Å². The van der Waals surface area contributed by atoms with Gasteiger partial charge >= 0.3 is 12.1 Å². The van der Waals surface area contributed by atoms with Crippen LogP contribution in [-0.4, -0.2) is 29.6 Å². The zero-order valence-electron chi connectivity index (χ0n) is 9.46. The van der Waals surface area contributed by atoms with Crippen LogP contribution in [-0.2, 0) is 17.5 Å². The van der Waals surface area contributed by atoms with Gasteiger partial charge in [0.15, 0.2) is 0 Å². The third-order valence-electron chi connectivity index (χ3n) is 2.22. The lowest BCUT2D eigenvalue weighted by Gasteiger charge is -2.16. The van der Waals surface area contributed by atoms with Crippen LogP contribution >= 0.6 is 15.9 Å². The number of hydrogen-bond acceptors (Lipinski definition) is 2. The van der Waals surface area contributed by atoms with Crippen molar-refractivity contribution in [1.29, 1.82) is 0 Å². The van der Waals surface area contributed by atoms with Crippen molar-refractivity contribution in [3.05, 3.63) is 33.8 Å². The van der Waals surface area contributed by atoms with Crippen LogP contribution in [0.15, 0.2) is 22.7 Å². The molecule has 0 spiro atoms. The predicted molar refractivity (Wildman–Crippen MR) is 63.1 cm³/mol.